The van der Waals surface area contributed by atoms with Gasteiger partial charge in [0.15, 0.2) is 0 Å². The number of benzene rings is 3. The van der Waals surface area contributed by atoms with Crippen molar-refractivity contribution in [1.82, 2.24) is 9.97 Å². The van der Waals surface area contributed by atoms with Gasteiger partial charge in [-0.05, 0) is 35.0 Å². The van der Waals surface area contributed by atoms with Crippen molar-refractivity contribution in [3.63, 3.8) is 0 Å². The topological polar surface area (TPSA) is 38.9 Å². The number of pyridine rings is 2. The third-order valence-electron chi connectivity index (χ3n) is 6.66. The van der Waals surface area contributed by atoms with Crippen LogP contribution in [-0.4, -0.2) is 18.0 Å². The van der Waals surface area contributed by atoms with Gasteiger partial charge in [-0.3, -0.25) is 0 Å². The Morgan fingerprint density at radius 2 is 1.59 bits per heavy atom. The summed E-state index contributed by atoms with van der Waals surface area (Å²) in [7, 11) is -1.37. The maximum Gasteiger partial charge on any atom is 0.120 e. The summed E-state index contributed by atoms with van der Waals surface area (Å²) in [6.45, 7) is 11.5. The monoisotopic (exact) mass is 705 g/mol. The molecule has 6 rings (SSSR count). The summed E-state index contributed by atoms with van der Waals surface area (Å²) >= 11 is 0. The van der Waals surface area contributed by atoms with Crippen molar-refractivity contribution >= 4 is 35.2 Å². The molecule has 0 amide bonds. The second-order valence-electron chi connectivity index (χ2n) is 10.8. The molecule has 0 spiro atoms. The molecule has 39 heavy (non-hydrogen) atoms. The van der Waals surface area contributed by atoms with Crippen molar-refractivity contribution in [2.75, 3.05) is 0 Å². The Balaban J connectivity index is 0.000000228. The van der Waals surface area contributed by atoms with Gasteiger partial charge >= 0.3 is 0 Å². The summed E-state index contributed by atoms with van der Waals surface area (Å²) in [6.07, 6.45) is 3.74. The van der Waals surface area contributed by atoms with E-state index in [0.29, 0.717) is 5.92 Å². The van der Waals surface area contributed by atoms with Gasteiger partial charge < -0.3 is 14.4 Å². The van der Waals surface area contributed by atoms with Gasteiger partial charge in [0.25, 0.3) is 0 Å². The van der Waals surface area contributed by atoms with Crippen molar-refractivity contribution in [2.45, 2.75) is 39.4 Å². The zero-order valence-electron chi connectivity index (χ0n) is 23.0. The first kappa shape index (κ1) is 28.6. The summed E-state index contributed by atoms with van der Waals surface area (Å²) in [4.78, 5) is 8.88. The third-order valence-corrected chi connectivity index (χ3v) is 8.70. The van der Waals surface area contributed by atoms with Crippen LogP contribution in [0.5, 0.6) is 0 Å². The van der Waals surface area contributed by atoms with E-state index in [1.165, 1.54) is 16.1 Å². The van der Waals surface area contributed by atoms with Crippen molar-refractivity contribution in [3.8, 4) is 22.5 Å². The van der Waals surface area contributed by atoms with Crippen LogP contribution in [0.3, 0.4) is 0 Å². The molecule has 0 saturated carbocycles. The Labute approximate surface area is 245 Å². The Bertz CT molecular complexity index is 1620. The van der Waals surface area contributed by atoms with Crippen LogP contribution in [-0.2, 0) is 20.1 Å². The van der Waals surface area contributed by atoms with Crippen LogP contribution >= 0.6 is 0 Å². The van der Waals surface area contributed by atoms with Crippen LogP contribution in [0.1, 0.15) is 25.3 Å². The van der Waals surface area contributed by atoms with Crippen molar-refractivity contribution < 1.29 is 24.5 Å². The summed E-state index contributed by atoms with van der Waals surface area (Å²) in [5.74, 6) is 0.475. The van der Waals surface area contributed by atoms with E-state index in [0.717, 1.165) is 39.1 Å². The van der Waals surface area contributed by atoms with E-state index in [1.54, 1.807) is 6.20 Å². The molecule has 3 aromatic carbocycles. The Kier molecular flexibility index (Phi) is 8.96. The van der Waals surface area contributed by atoms with Gasteiger partial charge in [-0.1, -0.05) is 86.0 Å². The molecular weight excluding hydrogens is 673 g/mol. The smallest absolute Gasteiger partial charge is 0.120 e. The standard InChI is InChI=1S/C23H24NOSi.C11H8N.Ir/c1-15(2)16-9-11-21(24-14-16)19-8-6-7-18-20-13-17(26(3,4)5)10-12-22(20)25-23(18)19;1-2-6-10(7-3-1)11-8-4-5-9-12-11;/h6-7,9-15H,1-5H3;1-6,8-9H;/q2*-1;. The Morgan fingerprint density at radius 3 is 2.23 bits per heavy atom. The molecular formula is C34H32IrN2OSi-2. The molecule has 0 aliphatic rings. The third kappa shape index (κ3) is 6.44. The minimum atomic E-state index is -1.37. The summed E-state index contributed by atoms with van der Waals surface area (Å²) in [5.41, 5.74) is 6.90. The Hall–Kier alpha value is -3.37. The molecule has 199 valence electrons. The fraction of sp³-hybridized carbons (Fsp3) is 0.176. The first-order chi connectivity index (χ1) is 18.3. The fourth-order valence-corrected chi connectivity index (χ4v) is 5.53. The average Bonchev–Trinajstić information content (AvgIpc) is 3.32. The van der Waals surface area contributed by atoms with Gasteiger partial charge in [0.05, 0.1) is 13.7 Å². The van der Waals surface area contributed by atoms with E-state index in [1.807, 2.05) is 54.7 Å². The molecule has 0 atom stereocenters. The molecule has 0 fully saturated rings. The quantitative estimate of drug-likeness (QED) is 0.136. The molecule has 3 heterocycles. The van der Waals surface area contributed by atoms with Crippen LogP contribution in [0.2, 0.25) is 19.6 Å². The van der Waals surface area contributed by atoms with E-state index in [9.17, 15) is 0 Å². The zero-order chi connectivity index (χ0) is 26.7. The molecule has 6 aromatic rings. The van der Waals surface area contributed by atoms with Gasteiger partial charge in [0.1, 0.15) is 5.58 Å². The zero-order valence-corrected chi connectivity index (χ0v) is 26.3. The predicted molar refractivity (Wildman–Crippen MR) is 161 cm³/mol. The van der Waals surface area contributed by atoms with Crippen LogP contribution in [0.4, 0.5) is 0 Å². The van der Waals surface area contributed by atoms with E-state index >= 15 is 0 Å². The second-order valence-corrected chi connectivity index (χ2v) is 15.9. The van der Waals surface area contributed by atoms with Crippen LogP contribution in [0.25, 0.3) is 44.5 Å². The van der Waals surface area contributed by atoms with E-state index in [4.69, 9.17) is 4.42 Å². The van der Waals surface area contributed by atoms with E-state index < -0.39 is 8.07 Å². The number of hydrogen-bond acceptors (Lipinski definition) is 3. The fourth-order valence-electron chi connectivity index (χ4n) is 4.37. The number of furan rings is 1. The largest absolute Gasteiger partial charge is 0.501 e. The molecule has 0 saturated heterocycles. The van der Waals surface area contributed by atoms with Gasteiger partial charge in [-0.15, -0.1) is 54.1 Å². The number of hydrogen-bond donors (Lipinski definition) is 0. The van der Waals surface area contributed by atoms with Crippen LogP contribution in [0.15, 0.2) is 102 Å². The first-order valence-corrected chi connectivity index (χ1v) is 16.5. The average molecular weight is 705 g/mol. The van der Waals surface area contributed by atoms with Gasteiger partial charge in [-0.2, -0.15) is 0 Å². The summed E-state index contributed by atoms with van der Waals surface area (Å²) in [5, 5.41) is 3.78. The normalized spacial score (nSPS) is 11.2. The van der Waals surface area contributed by atoms with Crippen molar-refractivity contribution in [2.24, 2.45) is 0 Å². The predicted octanol–water partition coefficient (Wildman–Crippen LogP) is 8.66. The van der Waals surface area contributed by atoms with Crippen LogP contribution in [0, 0.1) is 12.1 Å². The maximum absolute atomic E-state index is 6.23. The number of fused-ring (bicyclic) bond motifs is 3. The minimum absolute atomic E-state index is 0. The van der Waals surface area contributed by atoms with Crippen LogP contribution < -0.4 is 5.19 Å². The van der Waals surface area contributed by atoms with E-state index in [2.05, 4.69) is 92.0 Å². The molecule has 0 bridgehead atoms. The molecule has 3 nitrogen and oxygen atoms in total. The molecule has 0 N–H and O–H groups in total. The van der Waals surface area contributed by atoms with E-state index in [-0.39, 0.29) is 20.1 Å². The number of rotatable bonds is 4. The molecule has 5 heteroatoms. The van der Waals surface area contributed by atoms with Gasteiger partial charge in [-0.25, -0.2) is 0 Å². The molecule has 0 aliphatic carbocycles. The summed E-state index contributed by atoms with van der Waals surface area (Å²) in [6, 6.07) is 35.1. The van der Waals surface area contributed by atoms with Crippen molar-refractivity contribution in [1.29, 1.82) is 0 Å². The summed E-state index contributed by atoms with van der Waals surface area (Å²) < 4.78 is 6.23. The second kappa shape index (κ2) is 12.2. The maximum atomic E-state index is 6.23. The molecule has 3 aromatic heterocycles. The Morgan fingerprint density at radius 1 is 0.769 bits per heavy atom. The minimum Gasteiger partial charge on any atom is -0.501 e. The first-order valence-electron chi connectivity index (χ1n) is 13.0. The number of aromatic nitrogens is 2. The number of nitrogens with zero attached hydrogens (tertiary/aromatic N) is 2. The van der Waals surface area contributed by atoms with Crippen molar-refractivity contribution in [3.05, 3.63) is 115 Å². The SMILES string of the molecule is CC(C)c1ccc(-c2[c-]ccc3c2oc2ccc([Si](C)(C)C)cc23)nc1.[Ir].[c-]1ccccc1-c1ccccn1. The molecule has 1 radical (unpaired) electrons. The molecule has 0 unspecified atom stereocenters. The van der Waals surface area contributed by atoms with Gasteiger partial charge in [0, 0.05) is 37.9 Å². The van der Waals surface area contributed by atoms with Gasteiger partial charge in [0.2, 0.25) is 0 Å². The molecule has 0 aliphatic heterocycles.